The molecule has 0 aliphatic heterocycles. The summed E-state index contributed by atoms with van der Waals surface area (Å²) in [6.45, 7) is 6.30. The van der Waals surface area contributed by atoms with Crippen LogP contribution in [0.1, 0.15) is 27.2 Å². The van der Waals surface area contributed by atoms with Crippen molar-refractivity contribution in [3.05, 3.63) is 0 Å². The first-order valence-corrected chi connectivity index (χ1v) is 4.76. The summed E-state index contributed by atoms with van der Waals surface area (Å²) >= 11 is 0. The van der Waals surface area contributed by atoms with Crippen LogP contribution in [0.4, 0.5) is 0 Å². The van der Waals surface area contributed by atoms with E-state index in [2.05, 4.69) is 10.1 Å². The molecule has 0 aromatic carbocycles. The number of hydrogen-bond acceptors (Lipinski definition) is 4. The zero-order valence-electron chi connectivity index (χ0n) is 9.72. The van der Waals surface area contributed by atoms with Crippen LogP contribution in [0.25, 0.3) is 0 Å². The third-order valence-electron chi connectivity index (χ3n) is 2.17. The Balaban J connectivity index is 3.75. The number of carbonyl (C=O) groups is 1. The largest absolute Gasteiger partial charge is 0.468 e. The molecule has 0 heterocycles. The summed E-state index contributed by atoms with van der Waals surface area (Å²) in [4.78, 5) is 10.8. The minimum absolute atomic E-state index is 0.164. The Morgan fingerprint density at radius 2 is 2.00 bits per heavy atom. The SMILES string of the molecule is COC(=O)CNC(C)CC(C)(C)OC. The highest BCUT2D eigenvalue weighted by atomic mass is 16.5. The molecule has 0 amide bonds. The summed E-state index contributed by atoms with van der Waals surface area (Å²) in [5.74, 6) is -0.243. The van der Waals surface area contributed by atoms with Gasteiger partial charge in [-0.3, -0.25) is 4.79 Å². The molecular formula is C10H21NO3. The Hall–Kier alpha value is -0.610. The number of ether oxygens (including phenoxy) is 2. The number of esters is 1. The molecule has 1 atom stereocenters. The van der Waals surface area contributed by atoms with Crippen molar-refractivity contribution in [3.63, 3.8) is 0 Å². The molecule has 0 saturated carbocycles. The molecule has 0 spiro atoms. The fourth-order valence-corrected chi connectivity index (χ4v) is 1.22. The van der Waals surface area contributed by atoms with E-state index in [4.69, 9.17) is 4.74 Å². The third-order valence-corrected chi connectivity index (χ3v) is 2.17. The standard InChI is InChI=1S/C10H21NO3/c1-8(6-10(2,3)14-5)11-7-9(12)13-4/h8,11H,6-7H2,1-5H3. The maximum atomic E-state index is 10.8. The molecule has 0 aliphatic carbocycles. The van der Waals surface area contributed by atoms with Crippen LogP contribution in [0.15, 0.2) is 0 Å². The molecule has 1 N–H and O–H groups in total. The fourth-order valence-electron chi connectivity index (χ4n) is 1.22. The van der Waals surface area contributed by atoms with Crippen LogP contribution in [-0.2, 0) is 14.3 Å². The lowest BCUT2D eigenvalue weighted by Gasteiger charge is -2.26. The van der Waals surface area contributed by atoms with E-state index in [1.54, 1.807) is 7.11 Å². The molecule has 0 bridgehead atoms. The second kappa shape index (κ2) is 5.98. The first-order chi connectivity index (χ1) is 6.41. The smallest absolute Gasteiger partial charge is 0.319 e. The Labute approximate surface area is 86.0 Å². The minimum atomic E-state index is -0.243. The molecule has 4 nitrogen and oxygen atoms in total. The van der Waals surface area contributed by atoms with Crippen LogP contribution in [-0.4, -0.2) is 38.4 Å². The normalized spacial score (nSPS) is 13.8. The van der Waals surface area contributed by atoms with Gasteiger partial charge in [0.1, 0.15) is 0 Å². The minimum Gasteiger partial charge on any atom is -0.468 e. The molecule has 0 rings (SSSR count). The highest BCUT2D eigenvalue weighted by molar-refractivity contribution is 5.71. The van der Waals surface area contributed by atoms with E-state index >= 15 is 0 Å². The van der Waals surface area contributed by atoms with E-state index in [-0.39, 0.29) is 24.2 Å². The van der Waals surface area contributed by atoms with Gasteiger partial charge in [0, 0.05) is 13.2 Å². The molecule has 0 aliphatic rings. The summed E-state index contributed by atoms with van der Waals surface area (Å²) in [6.07, 6.45) is 0.848. The Morgan fingerprint density at radius 1 is 1.43 bits per heavy atom. The van der Waals surface area contributed by atoms with Crippen molar-refractivity contribution in [2.24, 2.45) is 0 Å². The Kier molecular flexibility index (Phi) is 5.72. The molecular weight excluding hydrogens is 182 g/mol. The van der Waals surface area contributed by atoms with Crippen molar-refractivity contribution in [2.45, 2.75) is 38.8 Å². The predicted octanol–water partition coefficient (Wildman–Crippen LogP) is 0.953. The van der Waals surface area contributed by atoms with Gasteiger partial charge in [0.15, 0.2) is 0 Å². The summed E-state index contributed by atoms with van der Waals surface area (Å²) in [5, 5.41) is 3.07. The molecule has 0 fully saturated rings. The van der Waals surface area contributed by atoms with E-state index in [1.807, 2.05) is 20.8 Å². The van der Waals surface area contributed by atoms with E-state index in [0.29, 0.717) is 0 Å². The lowest BCUT2D eigenvalue weighted by molar-refractivity contribution is -0.139. The number of hydrogen-bond donors (Lipinski definition) is 1. The van der Waals surface area contributed by atoms with Crippen molar-refractivity contribution in [3.8, 4) is 0 Å². The second-order valence-electron chi connectivity index (χ2n) is 4.03. The Bertz CT molecular complexity index is 180. The fraction of sp³-hybridized carbons (Fsp3) is 0.900. The summed E-state index contributed by atoms with van der Waals surface area (Å²) in [5.41, 5.74) is -0.164. The predicted molar refractivity (Wildman–Crippen MR) is 55.2 cm³/mol. The average Bonchev–Trinajstić information content (AvgIpc) is 2.13. The van der Waals surface area contributed by atoms with Crippen LogP contribution in [0.2, 0.25) is 0 Å². The number of methoxy groups -OCH3 is 2. The monoisotopic (exact) mass is 203 g/mol. The van der Waals surface area contributed by atoms with Gasteiger partial charge < -0.3 is 14.8 Å². The van der Waals surface area contributed by atoms with Gasteiger partial charge in [-0.25, -0.2) is 0 Å². The van der Waals surface area contributed by atoms with Gasteiger partial charge in [-0.1, -0.05) is 0 Å². The van der Waals surface area contributed by atoms with E-state index in [0.717, 1.165) is 6.42 Å². The van der Waals surface area contributed by atoms with E-state index in [1.165, 1.54) is 7.11 Å². The van der Waals surface area contributed by atoms with E-state index in [9.17, 15) is 4.79 Å². The van der Waals surface area contributed by atoms with Gasteiger partial charge in [0.2, 0.25) is 0 Å². The Morgan fingerprint density at radius 3 is 2.43 bits per heavy atom. The zero-order valence-corrected chi connectivity index (χ0v) is 9.72. The first-order valence-electron chi connectivity index (χ1n) is 4.76. The number of rotatable bonds is 6. The van der Waals surface area contributed by atoms with Crippen LogP contribution >= 0.6 is 0 Å². The number of carbonyl (C=O) groups excluding carboxylic acids is 1. The van der Waals surface area contributed by atoms with Gasteiger partial charge in [-0.05, 0) is 27.2 Å². The second-order valence-corrected chi connectivity index (χ2v) is 4.03. The topological polar surface area (TPSA) is 47.6 Å². The highest BCUT2D eigenvalue weighted by Crippen LogP contribution is 2.14. The van der Waals surface area contributed by atoms with Crippen molar-refractivity contribution >= 4 is 5.97 Å². The molecule has 0 aromatic rings. The molecule has 4 heteroatoms. The molecule has 0 radical (unpaired) electrons. The van der Waals surface area contributed by atoms with Gasteiger partial charge >= 0.3 is 5.97 Å². The lowest BCUT2D eigenvalue weighted by atomic mass is 10.00. The van der Waals surface area contributed by atoms with Crippen LogP contribution in [0.5, 0.6) is 0 Å². The number of nitrogens with one attached hydrogen (secondary N) is 1. The maximum absolute atomic E-state index is 10.8. The first kappa shape index (κ1) is 13.4. The van der Waals surface area contributed by atoms with Crippen molar-refractivity contribution in [2.75, 3.05) is 20.8 Å². The zero-order chi connectivity index (χ0) is 11.2. The quantitative estimate of drug-likeness (QED) is 0.653. The third kappa shape index (κ3) is 5.94. The van der Waals surface area contributed by atoms with Gasteiger partial charge in [0.25, 0.3) is 0 Å². The van der Waals surface area contributed by atoms with Gasteiger partial charge in [0.05, 0.1) is 19.3 Å². The summed E-state index contributed by atoms with van der Waals surface area (Å²) in [7, 11) is 3.07. The van der Waals surface area contributed by atoms with Crippen molar-refractivity contribution in [1.29, 1.82) is 0 Å². The van der Waals surface area contributed by atoms with Gasteiger partial charge in [-0.2, -0.15) is 0 Å². The maximum Gasteiger partial charge on any atom is 0.319 e. The molecule has 14 heavy (non-hydrogen) atoms. The lowest BCUT2D eigenvalue weighted by Crippen LogP contribution is -2.38. The summed E-state index contributed by atoms with van der Waals surface area (Å²) < 4.78 is 9.81. The van der Waals surface area contributed by atoms with Crippen LogP contribution in [0, 0.1) is 0 Å². The van der Waals surface area contributed by atoms with Crippen LogP contribution in [0.3, 0.4) is 0 Å². The molecule has 0 aromatic heterocycles. The highest BCUT2D eigenvalue weighted by Gasteiger charge is 2.20. The molecule has 84 valence electrons. The summed E-state index contributed by atoms with van der Waals surface area (Å²) in [6, 6.07) is 0.226. The van der Waals surface area contributed by atoms with Crippen molar-refractivity contribution in [1.82, 2.24) is 5.32 Å². The molecule has 1 unspecified atom stereocenters. The molecule has 0 saturated heterocycles. The average molecular weight is 203 g/mol. The van der Waals surface area contributed by atoms with E-state index < -0.39 is 0 Å². The van der Waals surface area contributed by atoms with Gasteiger partial charge in [-0.15, -0.1) is 0 Å². The van der Waals surface area contributed by atoms with Crippen LogP contribution < -0.4 is 5.32 Å². The van der Waals surface area contributed by atoms with Crippen molar-refractivity contribution < 1.29 is 14.3 Å².